The van der Waals surface area contributed by atoms with E-state index in [1.54, 1.807) is 18.2 Å². The fourth-order valence-electron chi connectivity index (χ4n) is 3.17. The molecule has 0 radical (unpaired) electrons. The van der Waals surface area contributed by atoms with Gasteiger partial charge in [0, 0.05) is 22.8 Å². The van der Waals surface area contributed by atoms with Gasteiger partial charge < -0.3 is 5.32 Å². The Balaban J connectivity index is 1.95. The summed E-state index contributed by atoms with van der Waals surface area (Å²) < 4.78 is 42.1. The number of sulfonamides is 1. The van der Waals surface area contributed by atoms with Gasteiger partial charge in [-0.05, 0) is 62.2 Å². The Hall–Kier alpha value is -2.74. The van der Waals surface area contributed by atoms with Gasteiger partial charge in [0.15, 0.2) is 0 Å². The fourth-order valence-corrected chi connectivity index (χ4v) is 4.75. The van der Waals surface area contributed by atoms with Crippen LogP contribution in [0.3, 0.4) is 0 Å². The van der Waals surface area contributed by atoms with E-state index in [2.05, 4.69) is 5.32 Å². The van der Waals surface area contributed by atoms with Crippen molar-refractivity contribution in [2.45, 2.75) is 32.2 Å². The Bertz CT molecular complexity index is 1220. The molecule has 8 heteroatoms. The minimum atomic E-state index is -4.11. The molecule has 0 saturated heterocycles. The van der Waals surface area contributed by atoms with Crippen LogP contribution in [-0.4, -0.2) is 25.2 Å². The Morgan fingerprint density at radius 1 is 1.00 bits per heavy atom. The first-order valence-corrected chi connectivity index (χ1v) is 11.8. The van der Waals surface area contributed by atoms with Crippen LogP contribution in [0.1, 0.15) is 22.3 Å². The van der Waals surface area contributed by atoms with Gasteiger partial charge in [0.2, 0.25) is 15.9 Å². The maximum Gasteiger partial charge on any atom is 0.243 e. The van der Waals surface area contributed by atoms with E-state index < -0.39 is 28.3 Å². The van der Waals surface area contributed by atoms with Gasteiger partial charge in [-0.25, -0.2) is 12.8 Å². The van der Waals surface area contributed by atoms with Crippen LogP contribution in [0.25, 0.3) is 0 Å². The van der Waals surface area contributed by atoms with Crippen LogP contribution in [0.2, 0.25) is 5.02 Å². The van der Waals surface area contributed by atoms with E-state index >= 15 is 0 Å². The minimum absolute atomic E-state index is 0.00406. The number of amides is 1. The average Bonchev–Trinajstić information content (AvgIpc) is 2.73. The van der Waals surface area contributed by atoms with Crippen LogP contribution < -0.4 is 5.32 Å². The number of anilines is 1. The molecule has 3 aromatic rings. The monoisotopic (exact) mass is 474 g/mol. The first-order valence-electron chi connectivity index (χ1n) is 9.95. The summed E-state index contributed by atoms with van der Waals surface area (Å²) in [6, 6.07) is 16.0. The number of hydrogen-bond donors (Lipinski definition) is 1. The van der Waals surface area contributed by atoms with Crippen molar-refractivity contribution in [3.8, 4) is 0 Å². The van der Waals surface area contributed by atoms with Crippen molar-refractivity contribution in [2.75, 3.05) is 11.9 Å². The molecule has 0 spiro atoms. The third-order valence-electron chi connectivity index (χ3n) is 5.04. The zero-order chi connectivity index (χ0) is 23.5. The van der Waals surface area contributed by atoms with Gasteiger partial charge in [-0.2, -0.15) is 4.31 Å². The molecule has 3 aromatic carbocycles. The number of nitrogens with one attached hydrogen (secondary N) is 1. The average molecular weight is 475 g/mol. The molecule has 32 heavy (non-hydrogen) atoms. The number of rotatable bonds is 7. The second-order valence-electron chi connectivity index (χ2n) is 7.65. The molecule has 0 saturated carbocycles. The van der Waals surface area contributed by atoms with Crippen molar-refractivity contribution in [3.05, 3.63) is 93.8 Å². The Kier molecular flexibility index (Phi) is 7.33. The van der Waals surface area contributed by atoms with Crippen LogP contribution in [-0.2, 0) is 21.4 Å². The quantitative estimate of drug-likeness (QED) is 0.509. The van der Waals surface area contributed by atoms with E-state index in [0.29, 0.717) is 5.69 Å². The SMILES string of the molecule is Cc1ccc(S(=O)(=O)N(CC(=O)Nc2cc(C)ccc2C)Cc2c(F)cccc2Cl)cc1. The molecule has 168 valence electrons. The van der Waals surface area contributed by atoms with Crippen LogP contribution in [0.5, 0.6) is 0 Å². The predicted molar refractivity (Wildman–Crippen MR) is 125 cm³/mol. The van der Waals surface area contributed by atoms with Crippen molar-refractivity contribution in [1.82, 2.24) is 4.31 Å². The lowest BCUT2D eigenvalue weighted by Crippen LogP contribution is -2.38. The number of hydrogen-bond acceptors (Lipinski definition) is 3. The lowest BCUT2D eigenvalue weighted by Gasteiger charge is -2.23. The summed E-state index contributed by atoms with van der Waals surface area (Å²) >= 11 is 6.13. The van der Waals surface area contributed by atoms with E-state index in [1.165, 1.54) is 30.3 Å². The van der Waals surface area contributed by atoms with E-state index in [-0.39, 0.29) is 22.0 Å². The van der Waals surface area contributed by atoms with E-state index in [9.17, 15) is 17.6 Å². The second-order valence-corrected chi connectivity index (χ2v) is 10.00. The molecule has 1 N–H and O–H groups in total. The molecule has 0 aliphatic rings. The van der Waals surface area contributed by atoms with Crippen LogP contribution in [0.4, 0.5) is 10.1 Å². The van der Waals surface area contributed by atoms with Crippen LogP contribution in [0, 0.1) is 26.6 Å². The summed E-state index contributed by atoms with van der Waals surface area (Å²) in [4.78, 5) is 12.8. The lowest BCUT2D eigenvalue weighted by atomic mass is 10.1. The highest BCUT2D eigenvalue weighted by molar-refractivity contribution is 7.89. The summed E-state index contributed by atoms with van der Waals surface area (Å²) in [6.07, 6.45) is 0. The number of nitrogens with zero attached hydrogens (tertiary/aromatic N) is 1. The fraction of sp³-hybridized carbons (Fsp3) is 0.208. The van der Waals surface area contributed by atoms with Gasteiger partial charge in [-0.15, -0.1) is 0 Å². The molecule has 1 amide bonds. The zero-order valence-electron chi connectivity index (χ0n) is 18.0. The van der Waals surface area contributed by atoms with Gasteiger partial charge in [-0.1, -0.05) is 47.5 Å². The number of carbonyl (C=O) groups excluding carboxylic acids is 1. The second kappa shape index (κ2) is 9.81. The Morgan fingerprint density at radius 2 is 1.66 bits per heavy atom. The number of aryl methyl sites for hydroxylation is 3. The third-order valence-corrected chi connectivity index (χ3v) is 7.20. The van der Waals surface area contributed by atoms with Crippen LogP contribution >= 0.6 is 11.6 Å². The van der Waals surface area contributed by atoms with Crippen molar-refractivity contribution < 1.29 is 17.6 Å². The normalized spacial score (nSPS) is 11.6. The van der Waals surface area contributed by atoms with E-state index in [4.69, 9.17) is 11.6 Å². The van der Waals surface area contributed by atoms with E-state index in [1.807, 2.05) is 32.9 Å². The summed E-state index contributed by atoms with van der Waals surface area (Å²) in [5, 5.41) is 2.84. The van der Waals surface area contributed by atoms with Gasteiger partial charge in [-0.3, -0.25) is 4.79 Å². The first kappa shape index (κ1) is 23.9. The molecule has 0 atom stereocenters. The van der Waals surface area contributed by atoms with Crippen molar-refractivity contribution in [3.63, 3.8) is 0 Å². The molecule has 3 rings (SSSR count). The molecule has 0 heterocycles. The Morgan fingerprint density at radius 3 is 2.31 bits per heavy atom. The molecule has 5 nitrogen and oxygen atoms in total. The third kappa shape index (κ3) is 5.54. The molecular weight excluding hydrogens is 451 g/mol. The number of carbonyl (C=O) groups is 1. The predicted octanol–water partition coefficient (Wildman–Crippen LogP) is 5.23. The highest BCUT2D eigenvalue weighted by Crippen LogP contribution is 2.25. The zero-order valence-corrected chi connectivity index (χ0v) is 19.6. The maximum absolute atomic E-state index is 14.4. The molecular formula is C24H24ClFN2O3S. The summed E-state index contributed by atoms with van der Waals surface area (Å²) in [7, 11) is -4.11. The lowest BCUT2D eigenvalue weighted by molar-refractivity contribution is -0.116. The maximum atomic E-state index is 14.4. The van der Waals surface area contributed by atoms with Gasteiger partial charge >= 0.3 is 0 Å². The molecule has 0 fully saturated rings. The Labute approximate surface area is 192 Å². The van der Waals surface area contributed by atoms with Gasteiger partial charge in [0.1, 0.15) is 5.82 Å². The van der Waals surface area contributed by atoms with Crippen LogP contribution in [0.15, 0.2) is 65.6 Å². The topological polar surface area (TPSA) is 66.5 Å². The molecule has 0 aromatic heterocycles. The highest BCUT2D eigenvalue weighted by Gasteiger charge is 2.28. The highest BCUT2D eigenvalue weighted by atomic mass is 35.5. The van der Waals surface area contributed by atoms with Gasteiger partial charge in [0.25, 0.3) is 0 Å². The molecule has 0 unspecified atom stereocenters. The first-order chi connectivity index (χ1) is 15.1. The minimum Gasteiger partial charge on any atom is -0.325 e. The summed E-state index contributed by atoms with van der Waals surface area (Å²) in [5.74, 6) is -1.18. The van der Waals surface area contributed by atoms with Crippen molar-refractivity contribution in [2.24, 2.45) is 0 Å². The molecule has 0 aliphatic heterocycles. The van der Waals surface area contributed by atoms with Crippen molar-refractivity contribution in [1.29, 1.82) is 0 Å². The summed E-state index contributed by atoms with van der Waals surface area (Å²) in [5.41, 5.74) is 3.28. The van der Waals surface area contributed by atoms with Gasteiger partial charge in [0.05, 0.1) is 11.4 Å². The number of benzene rings is 3. The smallest absolute Gasteiger partial charge is 0.243 e. The molecule has 0 bridgehead atoms. The molecule has 0 aliphatic carbocycles. The van der Waals surface area contributed by atoms with E-state index in [0.717, 1.165) is 21.0 Å². The van der Waals surface area contributed by atoms with Crippen molar-refractivity contribution >= 4 is 33.2 Å². The largest absolute Gasteiger partial charge is 0.325 e. The number of halogens is 2. The standard InChI is InChI=1S/C24H24ClFN2O3S/c1-16-8-11-19(12-9-16)32(30,31)28(14-20-21(25)5-4-6-22(20)26)15-24(29)27-23-13-17(2)7-10-18(23)3/h4-13H,14-15H2,1-3H3,(H,27,29). The summed E-state index contributed by atoms with van der Waals surface area (Å²) in [6.45, 7) is 4.68.